The van der Waals surface area contributed by atoms with Crippen LogP contribution in [0.25, 0.3) is 16.6 Å². The van der Waals surface area contributed by atoms with Crippen molar-refractivity contribution in [2.24, 2.45) is 0 Å². The summed E-state index contributed by atoms with van der Waals surface area (Å²) in [7, 11) is 0. The first-order valence-electron chi connectivity index (χ1n) is 15.1. The molecule has 46 heavy (non-hydrogen) atoms. The Morgan fingerprint density at radius 3 is 2.57 bits per heavy atom. The van der Waals surface area contributed by atoms with Crippen LogP contribution in [-0.4, -0.2) is 45.6 Å². The van der Waals surface area contributed by atoms with Gasteiger partial charge in [-0.25, -0.2) is 14.4 Å². The van der Waals surface area contributed by atoms with Crippen LogP contribution >= 0.6 is 11.6 Å². The van der Waals surface area contributed by atoms with Gasteiger partial charge in [-0.2, -0.15) is 13.2 Å². The molecule has 0 amide bonds. The van der Waals surface area contributed by atoms with Crippen LogP contribution in [0.4, 0.5) is 29.1 Å². The molecule has 0 aliphatic carbocycles. The van der Waals surface area contributed by atoms with Gasteiger partial charge in [0.1, 0.15) is 30.3 Å². The number of hydrogen-bond donors (Lipinski definition) is 2. The van der Waals surface area contributed by atoms with Gasteiger partial charge in [0.15, 0.2) is 0 Å². The summed E-state index contributed by atoms with van der Waals surface area (Å²) in [6, 6.07) is 16.5. The number of piperidine rings is 1. The van der Waals surface area contributed by atoms with Gasteiger partial charge in [-0.1, -0.05) is 30.2 Å². The third-order valence-corrected chi connectivity index (χ3v) is 8.27. The van der Waals surface area contributed by atoms with E-state index in [-0.39, 0.29) is 24.5 Å². The lowest BCUT2D eigenvalue weighted by atomic mass is 10.1. The second kappa shape index (κ2) is 14.1. The van der Waals surface area contributed by atoms with Crippen LogP contribution in [0.15, 0.2) is 79.4 Å². The SMILES string of the molecule is Fc1cccc(COc2ccc(Nc3ncnc4ccc(-n5cc(CNCCN6CCCCC6)c(C(F)(F)F)c5)cc34)cc2Cl)c1. The minimum atomic E-state index is -4.49. The minimum Gasteiger partial charge on any atom is -0.487 e. The maximum Gasteiger partial charge on any atom is 0.418 e. The molecule has 3 heterocycles. The molecule has 0 radical (unpaired) electrons. The average molecular weight is 653 g/mol. The maximum absolute atomic E-state index is 14.0. The van der Waals surface area contributed by atoms with Crippen molar-refractivity contribution in [1.29, 1.82) is 0 Å². The molecular weight excluding hydrogens is 620 g/mol. The number of halogens is 5. The number of hydrogen-bond acceptors (Lipinski definition) is 6. The van der Waals surface area contributed by atoms with E-state index in [0.29, 0.717) is 51.0 Å². The number of anilines is 2. The Labute approximate surface area is 269 Å². The van der Waals surface area contributed by atoms with Gasteiger partial charge in [-0.05, 0) is 85.6 Å². The van der Waals surface area contributed by atoms with Gasteiger partial charge in [-0.15, -0.1) is 0 Å². The summed E-state index contributed by atoms with van der Waals surface area (Å²) in [5, 5.41) is 7.39. The normalized spacial score (nSPS) is 14.1. The zero-order chi connectivity index (χ0) is 32.1. The molecule has 0 bridgehead atoms. The summed E-state index contributed by atoms with van der Waals surface area (Å²) in [4.78, 5) is 11.1. The highest BCUT2D eigenvalue weighted by Crippen LogP contribution is 2.35. The van der Waals surface area contributed by atoms with E-state index < -0.39 is 11.7 Å². The van der Waals surface area contributed by atoms with Crippen LogP contribution in [0.3, 0.4) is 0 Å². The fourth-order valence-electron chi connectivity index (χ4n) is 5.61. The molecule has 3 aromatic carbocycles. The molecule has 1 aliphatic heterocycles. The number of aromatic nitrogens is 3. The fourth-order valence-corrected chi connectivity index (χ4v) is 5.85. The lowest BCUT2D eigenvalue weighted by Gasteiger charge is -2.26. The maximum atomic E-state index is 14.0. The molecular formula is C34H33ClF4N6O. The highest BCUT2D eigenvalue weighted by molar-refractivity contribution is 6.32. The second-order valence-corrected chi connectivity index (χ2v) is 11.7. The van der Waals surface area contributed by atoms with Gasteiger partial charge in [0.05, 0.1) is 16.1 Å². The fraction of sp³-hybridized carbons (Fsp3) is 0.294. The molecule has 5 aromatic rings. The summed E-state index contributed by atoms with van der Waals surface area (Å²) in [6.45, 7) is 3.78. The van der Waals surface area contributed by atoms with Crippen molar-refractivity contribution >= 4 is 34.0 Å². The number of rotatable bonds is 11. The van der Waals surface area contributed by atoms with E-state index in [0.717, 1.165) is 25.8 Å². The monoisotopic (exact) mass is 652 g/mol. The molecule has 2 aromatic heterocycles. The van der Waals surface area contributed by atoms with Crippen molar-refractivity contribution in [3.05, 3.63) is 107 Å². The van der Waals surface area contributed by atoms with Crippen LogP contribution in [0.2, 0.25) is 5.02 Å². The Kier molecular flexibility index (Phi) is 9.72. The molecule has 0 saturated carbocycles. The summed E-state index contributed by atoms with van der Waals surface area (Å²) < 4.78 is 62.9. The van der Waals surface area contributed by atoms with Gasteiger partial charge >= 0.3 is 6.18 Å². The van der Waals surface area contributed by atoms with Crippen LogP contribution in [0.5, 0.6) is 5.75 Å². The largest absolute Gasteiger partial charge is 0.487 e. The zero-order valence-electron chi connectivity index (χ0n) is 25.0. The van der Waals surface area contributed by atoms with E-state index in [2.05, 4.69) is 25.5 Å². The molecule has 0 spiro atoms. The lowest BCUT2D eigenvalue weighted by molar-refractivity contribution is -0.138. The van der Waals surface area contributed by atoms with E-state index in [1.54, 1.807) is 48.5 Å². The molecule has 7 nitrogen and oxygen atoms in total. The zero-order valence-corrected chi connectivity index (χ0v) is 25.7. The number of nitrogens with one attached hydrogen (secondary N) is 2. The van der Waals surface area contributed by atoms with Crippen LogP contribution in [0, 0.1) is 5.82 Å². The number of benzene rings is 3. The molecule has 6 rings (SSSR count). The van der Waals surface area contributed by atoms with Crippen molar-refractivity contribution in [1.82, 2.24) is 24.8 Å². The van der Waals surface area contributed by atoms with E-state index >= 15 is 0 Å². The Hall–Kier alpha value is -4.19. The summed E-state index contributed by atoms with van der Waals surface area (Å²) >= 11 is 6.48. The molecule has 1 aliphatic rings. The quantitative estimate of drug-likeness (QED) is 0.111. The first-order valence-corrected chi connectivity index (χ1v) is 15.5. The van der Waals surface area contributed by atoms with E-state index in [1.807, 2.05) is 0 Å². The van der Waals surface area contributed by atoms with Crippen molar-refractivity contribution in [2.75, 3.05) is 31.5 Å². The third-order valence-electron chi connectivity index (χ3n) is 7.98. The standard InChI is InChI=1S/C34H33ClF4N6O/c35-30-16-26(7-10-32(30)46-21-23-5-4-6-25(36)15-23)43-33-28-17-27(8-9-31(28)41-22-42-33)45-19-24(29(20-45)34(37,38)39)18-40-11-14-44-12-2-1-3-13-44/h4-10,15-17,19-20,22,40H,1-3,11-14,18,21H2,(H,41,42,43). The highest BCUT2D eigenvalue weighted by Gasteiger charge is 2.35. The predicted molar refractivity (Wildman–Crippen MR) is 171 cm³/mol. The molecule has 240 valence electrons. The molecule has 1 saturated heterocycles. The smallest absolute Gasteiger partial charge is 0.418 e. The predicted octanol–water partition coefficient (Wildman–Crippen LogP) is 8.13. The summed E-state index contributed by atoms with van der Waals surface area (Å²) in [6.07, 6.45) is 3.15. The van der Waals surface area contributed by atoms with E-state index in [9.17, 15) is 17.6 Å². The second-order valence-electron chi connectivity index (χ2n) is 11.3. The van der Waals surface area contributed by atoms with Crippen molar-refractivity contribution in [3.8, 4) is 11.4 Å². The van der Waals surface area contributed by atoms with Crippen LogP contribution in [-0.2, 0) is 19.3 Å². The van der Waals surface area contributed by atoms with Crippen molar-refractivity contribution < 1.29 is 22.3 Å². The minimum absolute atomic E-state index is 0.113. The molecule has 2 N–H and O–H groups in total. The highest BCUT2D eigenvalue weighted by atomic mass is 35.5. The van der Waals surface area contributed by atoms with Crippen molar-refractivity contribution in [3.63, 3.8) is 0 Å². The number of likely N-dealkylation sites (tertiary alicyclic amines) is 1. The third kappa shape index (κ3) is 7.78. The summed E-state index contributed by atoms with van der Waals surface area (Å²) in [5.74, 6) is 0.538. The first kappa shape index (κ1) is 31.8. The summed E-state index contributed by atoms with van der Waals surface area (Å²) in [5.41, 5.74) is 1.95. The topological polar surface area (TPSA) is 67.2 Å². The van der Waals surface area contributed by atoms with Crippen LogP contribution < -0.4 is 15.4 Å². The first-order chi connectivity index (χ1) is 22.2. The van der Waals surface area contributed by atoms with Gasteiger partial charge in [0.2, 0.25) is 0 Å². The lowest BCUT2D eigenvalue weighted by Crippen LogP contribution is -2.35. The molecule has 0 unspecified atom stereocenters. The van der Waals surface area contributed by atoms with E-state index in [4.69, 9.17) is 16.3 Å². The molecule has 12 heteroatoms. The van der Waals surface area contributed by atoms with Crippen LogP contribution in [0.1, 0.15) is 36.0 Å². The number of ether oxygens (including phenoxy) is 1. The van der Waals surface area contributed by atoms with Gasteiger partial charge < -0.3 is 24.8 Å². The Balaban J connectivity index is 1.18. The molecule has 0 atom stereocenters. The Bertz CT molecular complexity index is 1800. The Morgan fingerprint density at radius 2 is 1.78 bits per heavy atom. The number of nitrogens with zero attached hydrogens (tertiary/aromatic N) is 4. The van der Waals surface area contributed by atoms with Crippen molar-refractivity contribution in [2.45, 2.75) is 38.6 Å². The molecule has 1 fully saturated rings. The number of fused-ring (bicyclic) bond motifs is 1. The van der Waals surface area contributed by atoms with Gasteiger partial charge in [0, 0.05) is 48.8 Å². The average Bonchev–Trinajstić information content (AvgIpc) is 3.48. The van der Waals surface area contributed by atoms with Gasteiger partial charge in [0.25, 0.3) is 0 Å². The van der Waals surface area contributed by atoms with E-state index in [1.165, 1.54) is 48.5 Å². The van der Waals surface area contributed by atoms with Gasteiger partial charge in [-0.3, -0.25) is 0 Å². The number of alkyl halides is 3. The Morgan fingerprint density at radius 1 is 0.935 bits per heavy atom.